The predicted molar refractivity (Wildman–Crippen MR) is 86.2 cm³/mol. The van der Waals surface area contributed by atoms with E-state index in [1.165, 1.54) is 0 Å². The molecule has 0 aliphatic carbocycles. The third kappa shape index (κ3) is 4.17. The number of rotatable bonds is 6. The highest BCUT2D eigenvalue weighted by Gasteiger charge is 2.18. The van der Waals surface area contributed by atoms with E-state index >= 15 is 0 Å². The van der Waals surface area contributed by atoms with Crippen molar-refractivity contribution >= 4 is 22.4 Å². The Morgan fingerprint density at radius 2 is 1.70 bits per heavy atom. The van der Waals surface area contributed by atoms with E-state index in [0.717, 1.165) is 17.5 Å². The molecule has 2 N–H and O–H groups in total. The van der Waals surface area contributed by atoms with E-state index in [2.05, 4.69) is 0 Å². The minimum Gasteiger partial charge on any atom is -0.330 e. The zero-order valence-electron chi connectivity index (χ0n) is 11.2. The van der Waals surface area contributed by atoms with Gasteiger partial charge in [0.2, 0.25) is 0 Å². The first kappa shape index (κ1) is 15.2. The van der Waals surface area contributed by atoms with Crippen molar-refractivity contribution in [1.82, 2.24) is 0 Å². The van der Waals surface area contributed by atoms with Crippen LogP contribution in [0.1, 0.15) is 22.8 Å². The highest BCUT2D eigenvalue weighted by atomic mass is 35.5. The van der Waals surface area contributed by atoms with Crippen LogP contribution in [0.3, 0.4) is 0 Å². The molecule has 0 amide bonds. The molecule has 2 aromatic rings. The number of hydrogen-bond acceptors (Lipinski definition) is 2. The zero-order valence-corrected chi connectivity index (χ0v) is 12.7. The summed E-state index contributed by atoms with van der Waals surface area (Å²) >= 11 is 5.86. The van der Waals surface area contributed by atoms with Crippen molar-refractivity contribution in [2.75, 3.05) is 6.54 Å². The van der Waals surface area contributed by atoms with E-state index in [1.807, 2.05) is 54.6 Å². The molecule has 2 nitrogen and oxygen atoms in total. The van der Waals surface area contributed by atoms with Crippen LogP contribution in [0, 0.1) is 0 Å². The lowest BCUT2D eigenvalue weighted by Crippen LogP contribution is -2.13. The van der Waals surface area contributed by atoms with Gasteiger partial charge in [0.15, 0.2) is 0 Å². The highest BCUT2D eigenvalue weighted by Crippen LogP contribution is 2.25. The number of halogens is 1. The molecule has 2 aromatic carbocycles. The van der Waals surface area contributed by atoms with Crippen LogP contribution in [0.2, 0.25) is 5.02 Å². The Morgan fingerprint density at radius 3 is 2.30 bits per heavy atom. The van der Waals surface area contributed by atoms with Gasteiger partial charge in [-0.15, -0.1) is 0 Å². The molecular weight excluding hydrogens is 290 g/mol. The molecule has 2 rings (SSSR count). The standard InChI is InChI=1S/C16H18ClNOS/c17-15-8-6-13(7-9-15)12-20(19)16(10-11-18)14-4-2-1-3-5-14/h1-9,16H,10-12,18H2. The summed E-state index contributed by atoms with van der Waals surface area (Å²) in [4.78, 5) is 0. The smallest absolute Gasteiger partial charge is 0.0612 e. The Labute approximate surface area is 127 Å². The van der Waals surface area contributed by atoms with E-state index < -0.39 is 10.8 Å². The molecule has 0 bridgehead atoms. The SMILES string of the molecule is NCCC(c1ccccc1)S(=O)Cc1ccc(Cl)cc1. The van der Waals surface area contributed by atoms with Crippen molar-refractivity contribution in [3.8, 4) is 0 Å². The number of hydrogen-bond donors (Lipinski definition) is 1. The van der Waals surface area contributed by atoms with Gasteiger partial charge in [-0.2, -0.15) is 0 Å². The fourth-order valence-electron chi connectivity index (χ4n) is 2.11. The summed E-state index contributed by atoms with van der Waals surface area (Å²) in [6.07, 6.45) is 0.726. The summed E-state index contributed by atoms with van der Waals surface area (Å²) in [7, 11) is -0.989. The number of nitrogens with two attached hydrogens (primary N) is 1. The fourth-order valence-corrected chi connectivity index (χ4v) is 3.82. The van der Waals surface area contributed by atoms with Gasteiger partial charge in [-0.25, -0.2) is 0 Å². The fraction of sp³-hybridized carbons (Fsp3) is 0.250. The molecule has 20 heavy (non-hydrogen) atoms. The van der Waals surface area contributed by atoms with Crippen LogP contribution in [-0.4, -0.2) is 10.8 Å². The second-order valence-corrected chi connectivity index (χ2v) is 6.68. The van der Waals surface area contributed by atoms with Gasteiger partial charge in [0, 0.05) is 21.6 Å². The quantitative estimate of drug-likeness (QED) is 0.884. The Hall–Kier alpha value is -1.16. The van der Waals surface area contributed by atoms with Gasteiger partial charge in [0.05, 0.1) is 5.25 Å². The van der Waals surface area contributed by atoms with Crippen LogP contribution < -0.4 is 5.73 Å². The van der Waals surface area contributed by atoms with Gasteiger partial charge in [-0.1, -0.05) is 54.1 Å². The Bertz CT molecular complexity index is 556. The van der Waals surface area contributed by atoms with Crippen molar-refractivity contribution in [3.05, 3.63) is 70.7 Å². The first-order chi connectivity index (χ1) is 9.70. The van der Waals surface area contributed by atoms with E-state index in [-0.39, 0.29) is 5.25 Å². The Morgan fingerprint density at radius 1 is 1.05 bits per heavy atom. The van der Waals surface area contributed by atoms with Gasteiger partial charge in [0.25, 0.3) is 0 Å². The molecule has 4 heteroatoms. The summed E-state index contributed by atoms with van der Waals surface area (Å²) in [5, 5.41) is 0.679. The van der Waals surface area contributed by atoms with Gasteiger partial charge in [-0.05, 0) is 36.2 Å². The van der Waals surface area contributed by atoms with Gasteiger partial charge in [-0.3, -0.25) is 4.21 Å². The predicted octanol–water partition coefficient (Wildman–Crippen LogP) is 3.68. The third-order valence-corrected chi connectivity index (χ3v) is 5.15. The highest BCUT2D eigenvalue weighted by molar-refractivity contribution is 7.84. The first-order valence-corrected chi connectivity index (χ1v) is 8.33. The molecule has 0 aliphatic heterocycles. The molecular formula is C16H18ClNOS. The molecule has 2 unspecified atom stereocenters. The van der Waals surface area contributed by atoms with Crippen LogP contribution in [0.15, 0.2) is 54.6 Å². The molecule has 0 spiro atoms. The van der Waals surface area contributed by atoms with Crippen LogP contribution in [0.4, 0.5) is 0 Å². The molecule has 0 saturated heterocycles. The second-order valence-electron chi connectivity index (χ2n) is 4.63. The van der Waals surface area contributed by atoms with Crippen molar-refractivity contribution in [3.63, 3.8) is 0 Å². The topological polar surface area (TPSA) is 43.1 Å². The average molecular weight is 308 g/mol. The van der Waals surface area contributed by atoms with Crippen molar-refractivity contribution in [2.45, 2.75) is 17.4 Å². The van der Waals surface area contributed by atoms with Crippen LogP contribution >= 0.6 is 11.6 Å². The monoisotopic (exact) mass is 307 g/mol. The van der Waals surface area contributed by atoms with Crippen molar-refractivity contribution < 1.29 is 4.21 Å². The second kappa shape index (κ2) is 7.58. The molecule has 0 heterocycles. The van der Waals surface area contributed by atoms with Crippen molar-refractivity contribution in [1.29, 1.82) is 0 Å². The van der Waals surface area contributed by atoms with E-state index in [0.29, 0.717) is 17.3 Å². The van der Waals surface area contributed by atoms with Crippen LogP contribution in [0.5, 0.6) is 0 Å². The van der Waals surface area contributed by atoms with E-state index in [9.17, 15) is 4.21 Å². The summed E-state index contributed by atoms with van der Waals surface area (Å²) in [6, 6.07) is 17.4. The third-order valence-electron chi connectivity index (χ3n) is 3.14. The van der Waals surface area contributed by atoms with E-state index in [1.54, 1.807) is 0 Å². The maximum atomic E-state index is 12.6. The van der Waals surface area contributed by atoms with Gasteiger partial charge in [0.1, 0.15) is 0 Å². The van der Waals surface area contributed by atoms with E-state index in [4.69, 9.17) is 17.3 Å². The number of benzene rings is 2. The molecule has 2 atom stereocenters. The summed E-state index contributed by atoms with van der Waals surface area (Å²) in [5.74, 6) is 0.525. The van der Waals surface area contributed by atoms with Crippen LogP contribution in [0.25, 0.3) is 0 Å². The summed E-state index contributed by atoms with van der Waals surface area (Å²) in [6.45, 7) is 0.534. The summed E-state index contributed by atoms with van der Waals surface area (Å²) in [5.41, 5.74) is 7.79. The Balaban J connectivity index is 2.13. The average Bonchev–Trinajstić information content (AvgIpc) is 2.48. The minimum atomic E-state index is -0.989. The molecule has 0 radical (unpaired) electrons. The largest absolute Gasteiger partial charge is 0.330 e. The first-order valence-electron chi connectivity index (χ1n) is 6.57. The minimum absolute atomic E-state index is 0.0168. The molecule has 0 aliphatic rings. The molecule has 0 saturated carbocycles. The lowest BCUT2D eigenvalue weighted by Gasteiger charge is -2.16. The molecule has 0 aromatic heterocycles. The molecule has 0 fully saturated rings. The zero-order chi connectivity index (χ0) is 14.4. The molecule has 106 valence electrons. The van der Waals surface area contributed by atoms with Crippen LogP contribution in [-0.2, 0) is 16.6 Å². The Kier molecular flexibility index (Phi) is 5.77. The lowest BCUT2D eigenvalue weighted by molar-refractivity contribution is 0.663. The maximum Gasteiger partial charge on any atom is 0.0612 e. The van der Waals surface area contributed by atoms with Gasteiger partial charge >= 0.3 is 0 Å². The lowest BCUT2D eigenvalue weighted by atomic mass is 10.1. The van der Waals surface area contributed by atoms with Gasteiger partial charge < -0.3 is 5.73 Å². The maximum absolute atomic E-state index is 12.6. The summed E-state index contributed by atoms with van der Waals surface area (Å²) < 4.78 is 12.6. The van der Waals surface area contributed by atoms with Crippen molar-refractivity contribution in [2.24, 2.45) is 5.73 Å². The normalized spacial score (nSPS) is 13.9.